The van der Waals surface area contributed by atoms with Crippen molar-refractivity contribution < 1.29 is 9.59 Å². The number of fused-ring (bicyclic) bond motifs is 1. The number of aromatic nitrogens is 2. The largest absolute Gasteiger partial charge is 0.348 e. The lowest BCUT2D eigenvalue weighted by molar-refractivity contribution is -0.115. The number of nitrogens with zero attached hydrogens (tertiary/aromatic N) is 2. The third-order valence-corrected chi connectivity index (χ3v) is 5.87. The molecule has 28 heavy (non-hydrogen) atoms. The molecule has 0 saturated carbocycles. The molecule has 6 nitrogen and oxygen atoms in total. The number of hydrogen-bond acceptors (Lipinski definition) is 4. The van der Waals surface area contributed by atoms with Crippen LogP contribution >= 0.6 is 11.8 Å². The summed E-state index contributed by atoms with van der Waals surface area (Å²) in [5, 5.41) is 5.70. The van der Waals surface area contributed by atoms with E-state index in [0.717, 1.165) is 22.0 Å². The van der Waals surface area contributed by atoms with Gasteiger partial charge in [0.25, 0.3) is 5.91 Å². The van der Waals surface area contributed by atoms with Crippen molar-refractivity contribution in [1.29, 1.82) is 0 Å². The van der Waals surface area contributed by atoms with Crippen molar-refractivity contribution in [2.24, 2.45) is 0 Å². The van der Waals surface area contributed by atoms with Gasteiger partial charge in [0.1, 0.15) is 5.82 Å². The van der Waals surface area contributed by atoms with Crippen molar-refractivity contribution in [3.63, 3.8) is 0 Å². The van der Waals surface area contributed by atoms with Crippen LogP contribution in [-0.2, 0) is 11.3 Å². The predicted octanol–water partition coefficient (Wildman–Crippen LogP) is 3.54. The SMILES string of the molecule is Cc1nccn1-c1ccccc1CNC(=O)c1ccc2c(c1)NC(=O)[C@H](C)S2. The molecule has 2 heterocycles. The van der Waals surface area contributed by atoms with Crippen LogP contribution < -0.4 is 10.6 Å². The first-order valence-electron chi connectivity index (χ1n) is 9.01. The van der Waals surface area contributed by atoms with Gasteiger partial charge in [0.15, 0.2) is 0 Å². The summed E-state index contributed by atoms with van der Waals surface area (Å²) in [4.78, 5) is 29.8. The number of hydrogen-bond donors (Lipinski definition) is 2. The fourth-order valence-corrected chi connectivity index (χ4v) is 4.09. The summed E-state index contributed by atoms with van der Waals surface area (Å²) in [5.74, 6) is 0.661. The Morgan fingerprint density at radius 1 is 1.29 bits per heavy atom. The summed E-state index contributed by atoms with van der Waals surface area (Å²) in [6, 6.07) is 13.3. The average Bonchev–Trinajstić information content (AvgIpc) is 3.12. The summed E-state index contributed by atoms with van der Waals surface area (Å²) in [7, 11) is 0. The molecule has 4 rings (SSSR count). The fraction of sp³-hybridized carbons (Fsp3) is 0.190. The minimum atomic E-state index is -0.183. The quantitative estimate of drug-likeness (QED) is 0.712. The van der Waals surface area contributed by atoms with Crippen molar-refractivity contribution in [3.8, 4) is 5.69 Å². The van der Waals surface area contributed by atoms with Crippen LogP contribution in [0.25, 0.3) is 5.69 Å². The maximum atomic E-state index is 12.7. The lowest BCUT2D eigenvalue weighted by atomic mass is 10.1. The van der Waals surface area contributed by atoms with Crippen molar-refractivity contribution >= 4 is 29.3 Å². The Morgan fingerprint density at radius 2 is 2.11 bits per heavy atom. The normalized spacial score (nSPS) is 15.6. The van der Waals surface area contributed by atoms with Crippen molar-refractivity contribution in [2.75, 3.05) is 5.32 Å². The second kappa shape index (κ2) is 7.52. The van der Waals surface area contributed by atoms with Gasteiger partial charge >= 0.3 is 0 Å². The van der Waals surface area contributed by atoms with Crippen LogP contribution in [0.1, 0.15) is 28.7 Å². The molecule has 1 aliphatic heterocycles. The number of rotatable bonds is 4. The fourth-order valence-electron chi connectivity index (χ4n) is 3.16. The van der Waals surface area contributed by atoms with Gasteiger partial charge in [0.2, 0.25) is 5.91 Å². The number of carbonyl (C=O) groups is 2. The third-order valence-electron chi connectivity index (χ3n) is 4.69. The van der Waals surface area contributed by atoms with Gasteiger partial charge in [-0.05, 0) is 43.7 Å². The Labute approximate surface area is 167 Å². The molecule has 0 bridgehead atoms. The van der Waals surface area contributed by atoms with Crippen LogP contribution in [0, 0.1) is 6.92 Å². The summed E-state index contributed by atoms with van der Waals surface area (Å²) < 4.78 is 1.99. The maximum absolute atomic E-state index is 12.7. The molecule has 1 atom stereocenters. The molecule has 2 aromatic carbocycles. The topological polar surface area (TPSA) is 76.0 Å². The Balaban J connectivity index is 1.51. The van der Waals surface area contributed by atoms with Crippen LogP contribution in [0.4, 0.5) is 5.69 Å². The van der Waals surface area contributed by atoms with E-state index >= 15 is 0 Å². The zero-order chi connectivity index (χ0) is 19.7. The first-order chi connectivity index (χ1) is 13.5. The minimum Gasteiger partial charge on any atom is -0.348 e. The molecule has 3 aromatic rings. The number of imidazole rings is 1. The first kappa shape index (κ1) is 18.3. The van der Waals surface area contributed by atoms with Gasteiger partial charge in [-0.15, -0.1) is 11.8 Å². The zero-order valence-corrected chi connectivity index (χ0v) is 16.4. The third kappa shape index (κ3) is 3.53. The Kier molecular flexibility index (Phi) is 4.92. The Bertz CT molecular complexity index is 1060. The van der Waals surface area contributed by atoms with Crippen LogP contribution in [0.15, 0.2) is 59.8 Å². The minimum absolute atomic E-state index is 0.0420. The summed E-state index contributed by atoms with van der Waals surface area (Å²) in [6.07, 6.45) is 3.66. The van der Waals surface area contributed by atoms with Gasteiger partial charge in [-0.3, -0.25) is 9.59 Å². The molecule has 142 valence electrons. The van der Waals surface area contributed by atoms with E-state index in [0.29, 0.717) is 17.8 Å². The lowest BCUT2D eigenvalue weighted by Crippen LogP contribution is -2.27. The monoisotopic (exact) mass is 392 g/mol. The molecule has 2 N–H and O–H groups in total. The van der Waals surface area contributed by atoms with Gasteiger partial charge in [-0.1, -0.05) is 18.2 Å². The average molecular weight is 392 g/mol. The van der Waals surface area contributed by atoms with Gasteiger partial charge < -0.3 is 15.2 Å². The zero-order valence-electron chi connectivity index (χ0n) is 15.6. The van der Waals surface area contributed by atoms with E-state index in [4.69, 9.17) is 0 Å². The number of benzene rings is 2. The number of nitrogens with one attached hydrogen (secondary N) is 2. The smallest absolute Gasteiger partial charge is 0.251 e. The van der Waals surface area contributed by atoms with E-state index in [1.54, 1.807) is 18.3 Å². The van der Waals surface area contributed by atoms with Gasteiger partial charge in [0.05, 0.1) is 16.6 Å². The van der Waals surface area contributed by atoms with Crippen molar-refractivity contribution in [1.82, 2.24) is 14.9 Å². The standard InChI is InChI=1S/C21H20N4O2S/c1-13-20(26)24-17-11-15(7-8-19(17)28-13)21(27)23-12-16-5-3-4-6-18(16)25-10-9-22-14(25)2/h3-11,13H,12H2,1-2H3,(H,23,27)(H,24,26)/t13-/m0/s1. The highest BCUT2D eigenvalue weighted by Crippen LogP contribution is 2.35. The lowest BCUT2D eigenvalue weighted by Gasteiger charge is -2.21. The molecular weight excluding hydrogens is 372 g/mol. The molecule has 0 radical (unpaired) electrons. The summed E-state index contributed by atoms with van der Waals surface area (Å²) >= 11 is 1.50. The molecule has 0 spiro atoms. The van der Waals surface area contributed by atoms with Crippen LogP contribution in [0.5, 0.6) is 0 Å². The highest BCUT2D eigenvalue weighted by molar-refractivity contribution is 8.00. The van der Waals surface area contributed by atoms with Crippen LogP contribution in [-0.4, -0.2) is 26.6 Å². The molecule has 0 fully saturated rings. The van der Waals surface area contributed by atoms with E-state index in [-0.39, 0.29) is 17.1 Å². The number of anilines is 1. The van der Waals surface area contributed by atoms with Gasteiger partial charge in [-0.2, -0.15) is 0 Å². The maximum Gasteiger partial charge on any atom is 0.251 e. The first-order valence-corrected chi connectivity index (χ1v) is 9.89. The molecule has 7 heteroatoms. The van der Waals surface area contributed by atoms with Gasteiger partial charge in [0, 0.05) is 29.4 Å². The number of carbonyl (C=O) groups excluding carboxylic acids is 2. The Morgan fingerprint density at radius 3 is 2.89 bits per heavy atom. The van der Waals surface area contributed by atoms with E-state index in [1.165, 1.54) is 11.8 Å². The van der Waals surface area contributed by atoms with Crippen molar-refractivity contribution in [3.05, 3.63) is 71.8 Å². The molecule has 2 amide bonds. The van der Waals surface area contributed by atoms with E-state index in [2.05, 4.69) is 15.6 Å². The number of aryl methyl sites for hydroxylation is 1. The van der Waals surface area contributed by atoms with E-state index in [1.807, 2.05) is 54.9 Å². The van der Waals surface area contributed by atoms with Gasteiger partial charge in [-0.25, -0.2) is 4.98 Å². The molecular formula is C21H20N4O2S. The highest BCUT2D eigenvalue weighted by atomic mass is 32.2. The van der Waals surface area contributed by atoms with Crippen LogP contribution in [0.2, 0.25) is 0 Å². The molecule has 1 aliphatic rings. The van der Waals surface area contributed by atoms with Crippen LogP contribution in [0.3, 0.4) is 0 Å². The number of amides is 2. The molecule has 0 unspecified atom stereocenters. The second-order valence-electron chi connectivity index (χ2n) is 6.62. The van der Waals surface area contributed by atoms with E-state index < -0.39 is 0 Å². The summed E-state index contributed by atoms with van der Waals surface area (Å²) in [5.41, 5.74) is 3.19. The Hall–Kier alpha value is -3.06. The molecule has 0 saturated heterocycles. The van der Waals surface area contributed by atoms with Crippen molar-refractivity contribution in [2.45, 2.75) is 30.5 Å². The van der Waals surface area contributed by atoms with E-state index in [9.17, 15) is 9.59 Å². The highest BCUT2D eigenvalue weighted by Gasteiger charge is 2.23. The summed E-state index contributed by atoms with van der Waals surface area (Å²) in [6.45, 7) is 4.19. The number of thioether (sulfide) groups is 1. The molecule has 1 aromatic heterocycles. The molecule has 0 aliphatic carbocycles. The number of para-hydroxylation sites is 1. The second-order valence-corrected chi connectivity index (χ2v) is 8.00. The predicted molar refractivity (Wildman–Crippen MR) is 110 cm³/mol.